The first kappa shape index (κ1) is 16.5. The molecular formula is C14H24N2O4. The van der Waals surface area contributed by atoms with Crippen molar-refractivity contribution in [3.05, 3.63) is 0 Å². The number of carbonyl (C=O) groups excluding carboxylic acids is 2. The number of hydrogen-bond donors (Lipinski definition) is 2. The van der Waals surface area contributed by atoms with E-state index in [-0.39, 0.29) is 24.4 Å². The molecule has 2 atom stereocenters. The molecule has 6 heteroatoms. The summed E-state index contributed by atoms with van der Waals surface area (Å²) < 4.78 is 0. The average Bonchev–Trinajstić information content (AvgIpc) is 2.36. The van der Waals surface area contributed by atoms with Gasteiger partial charge in [0.05, 0.1) is 18.4 Å². The van der Waals surface area contributed by atoms with Crippen LogP contribution in [0.1, 0.15) is 39.5 Å². The van der Waals surface area contributed by atoms with Gasteiger partial charge in [0.25, 0.3) is 0 Å². The number of likely N-dealkylation sites (N-methyl/N-ethyl adjacent to an activating group) is 1. The second kappa shape index (κ2) is 7.26. The number of aliphatic carboxylic acids is 1. The van der Waals surface area contributed by atoms with Crippen LogP contribution in [-0.2, 0) is 14.4 Å². The maximum absolute atomic E-state index is 12.3. The lowest BCUT2D eigenvalue weighted by Crippen LogP contribution is -2.45. The first-order valence-corrected chi connectivity index (χ1v) is 7.10. The van der Waals surface area contributed by atoms with Gasteiger partial charge >= 0.3 is 5.97 Å². The molecule has 114 valence electrons. The predicted molar refractivity (Wildman–Crippen MR) is 74.0 cm³/mol. The van der Waals surface area contributed by atoms with Gasteiger partial charge in [-0.1, -0.05) is 12.8 Å². The van der Waals surface area contributed by atoms with E-state index in [9.17, 15) is 19.5 Å². The molecule has 0 aromatic heterocycles. The van der Waals surface area contributed by atoms with Gasteiger partial charge in [0, 0.05) is 13.1 Å². The van der Waals surface area contributed by atoms with Crippen molar-refractivity contribution in [1.82, 2.24) is 10.2 Å². The lowest BCUT2D eigenvalue weighted by atomic mass is 9.78. The highest BCUT2D eigenvalue weighted by Crippen LogP contribution is 2.31. The maximum Gasteiger partial charge on any atom is 0.307 e. The van der Waals surface area contributed by atoms with Gasteiger partial charge in [0.1, 0.15) is 0 Å². The second-order valence-corrected chi connectivity index (χ2v) is 5.75. The van der Waals surface area contributed by atoms with E-state index >= 15 is 0 Å². The second-order valence-electron chi connectivity index (χ2n) is 5.75. The fourth-order valence-electron chi connectivity index (χ4n) is 2.67. The first-order valence-electron chi connectivity index (χ1n) is 7.10. The van der Waals surface area contributed by atoms with Crippen molar-refractivity contribution < 1.29 is 19.5 Å². The van der Waals surface area contributed by atoms with Crippen molar-refractivity contribution in [2.24, 2.45) is 11.8 Å². The summed E-state index contributed by atoms with van der Waals surface area (Å²) >= 11 is 0. The van der Waals surface area contributed by atoms with Gasteiger partial charge in [-0.15, -0.1) is 0 Å². The molecule has 0 bridgehead atoms. The molecule has 20 heavy (non-hydrogen) atoms. The molecule has 6 nitrogen and oxygen atoms in total. The van der Waals surface area contributed by atoms with E-state index in [2.05, 4.69) is 5.32 Å². The number of carbonyl (C=O) groups is 3. The van der Waals surface area contributed by atoms with Crippen LogP contribution in [0.2, 0.25) is 0 Å². The van der Waals surface area contributed by atoms with Gasteiger partial charge in [-0.2, -0.15) is 0 Å². The Kier molecular flexibility index (Phi) is 5.98. The highest BCUT2D eigenvalue weighted by atomic mass is 16.4. The van der Waals surface area contributed by atoms with Gasteiger partial charge in [-0.05, 0) is 26.7 Å². The third-order valence-electron chi connectivity index (χ3n) is 3.61. The lowest BCUT2D eigenvalue weighted by Gasteiger charge is -2.30. The summed E-state index contributed by atoms with van der Waals surface area (Å²) in [4.78, 5) is 36.5. The van der Waals surface area contributed by atoms with E-state index in [1.807, 2.05) is 13.8 Å². The minimum absolute atomic E-state index is 0.0208. The van der Waals surface area contributed by atoms with Crippen molar-refractivity contribution >= 4 is 17.8 Å². The molecule has 0 unspecified atom stereocenters. The van der Waals surface area contributed by atoms with Crippen molar-refractivity contribution in [1.29, 1.82) is 0 Å². The standard InChI is InChI=1S/C14H24N2O4/c1-9(2)15-12(17)8-16(3)13(18)10-6-4-5-7-11(10)14(19)20/h9-11H,4-8H2,1-3H3,(H,15,17)(H,19,20)/t10-,11+/m1/s1. The van der Waals surface area contributed by atoms with Gasteiger partial charge in [-0.25, -0.2) is 0 Å². The van der Waals surface area contributed by atoms with Crippen LogP contribution in [0, 0.1) is 11.8 Å². The van der Waals surface area contributed by atoms with Crippen LogP contribution in [0.15, 0.2) is 0 Å². The number of carboxylic acids is 1. The van der Waals surface area contributed by atoms with E-state index in [4.69, 9.17) is 0 Å². The molecule has 1 saturated carbocycles. The first-order chi connectivity index (χ1) is 9.32. The largest absolute Gasteiger partial charge is 0.481 e. The van der Waals surface area contributed by atoms with Crippen molar-refractivity contribution in [3.63, 3.8) is 0 Å². The molecule has 2 N–H and O–H groups in total. The van der Waals surface area contributed by atoms with Crippen LogP contribution in [-0.4, -0.2) is 47.4 Å². The maximum atomic E-state index is 12.3. The summed E-state index contributed by atoms with van der Waals surface area (Å²) in [7, 11) is 1.55. The molecule has 1 aliphatic rings. The zero-order valence-electron chi connectivity index (χ0n) is 12.4. The Hall–Kier alpha value is -1.59. The summed E-state index contributed by atoms with van der Waals surface area (Å²) in [6.07, 6.45) is 2.84. The number of nitrogens with one attached hydrogen (secondary N) is 1. The molecular weight excluding hydrogens is 260 g/mol. The number of carboxylic acid groups (broad SMARTS) is 1. The van der Waals surface area contributed by atoms with Crippen LogP contribution in [0.25, 0.3) is 0 Å². The SMILES string of the molecule is CC(C)NC(=O)CN(C)C(=O)[C@@H]1CCCC[C@@H]1C(=O)O. The summed E-state index contributed by atoms with van der Waals surface area (Å²) in [5, 5.41) is 11.9. The van der Waals surface area contributed by atoms with Crippen LogP contribution >= 0.6 is 0 Å². The molecule has 1 rings (SSSR count). The fraction of sp³-hybridized carbons (Fsp3) is 0.786. The number of amides is 2. The third-order valence-corrected chi connectivity index (χ3v) is 3.61. The molecule has 1 aliphatic carbocycles. The highest BCUT2D eigenvalue weighted by molar-refractivity contribution is 5.88. The molecule has 2 amide bonds. The molecule has 0 spiro atoms. The molecule has 0 heterocycles. The van der Waals surface area contributed by atoms with Crippen LogP contribution in [0.5, 0.6) is 0 Å². The lowest BCUT2D eigenvalue weighted by molar-refractivity contribution is -0.152. The minimum Gasteiger partial charge on any atom is -0.481 e. The van der Waals surface area contributed by atoms with Crippen molar-refractivity contribution in [3.8, 4) is 0 Å². The molecule has 0 radical (unpaired) electrons. The fourth-order valence-corrected chi connectivity index (χ4v) is 2.67. The van der Waals surface area contributed by atoms with E-state index in [0.29, 0.717) is 12.8 Å². The van der Waals surface area contributed by atoms with Crippen LogP contribution in [0.3, 0.4) is 0 Å². The Balaban J connectivity index is 2.62. The quantitative estimate of drug-likeness (QED) is 0.784. The van der Waals surface area contributed by atoms with Crippen LogP contribution in [0.4, 0.5) is 0 Å². The topological polar surface area (TPSA) is 86.7 Å². The molecule has 0 aliphatic heterocycles. The van der Waals surface area contributed by atoms with Gasteiger partial charge in [0.2, 0.25) is 11.8 Å². The summed E-state index contributed by atoms with van der Waals surface area (Å²) in [5.41, 5.74) is 0. The van der Waals surface area contributed by atoms with Gasteiger partial charge in [-0.3, -0.25) is 14.4 Å². The number of nitrogens with zero attached hydrogens (tertiary/aromatic N) is 1. The normalized spacial score (nSPS) is 22.4. The van der Waals surface area contributed by atoms with E-state index in [0.717, 1.165) is 12.8 Å². The smallest absolute Gasteiger partial charge is 0.307 e. The van der Waals surface area contributed by atoms with Crippen molar-refractivity contribution in [2.45, 2.75) is 45.6 Å². The predicted octanol–water partition coefficient (Wildman–Crippen LogP) is 0.860. The highest BCUT2D eigenvalue weighted by Gasteiger charge is 2.37. The monoisotopic (exact) mass is 284 g/mol. The Labute approximate surface area is 119 Å². The zero-order chi connectivity index (χ0) is 15.3. The molecule has 0 saturated heterocycles. The summed E-state index contributed by atoms with van der Waals surface area (Å²) in [6.45, 7) is 3.67. The summed E-state index contributed by atoms with van der Waals surface area (Å²) in [6, 6.07) is 0.0208. The third kappa shape index (κ3) is 4.51. The van der Waals surface area contributed by atoms with Crippen LogP contribution < -0.4 is 5.32 Å². The molecule has 0 aromatic carbocycles. The van der Waals surface area contributed by atoms with E-state index < -0.39 is 17.8 Å². The summed E-state index contributed by atoms with van der Waals surface area (Å²) in [5.74, 6) is -2.50. The Morgan fingerprint density at radius 2 is 1.75 bits per heavy atom. The number of hydrogen-bond acceptors (Lipinski definition) is 3. The van der Waals surface area contributed by atoms with Gasteiger partial charge in [0.15, 0.2) is 0 Å². The minimum atomic E-state index is -0.914. The van der Waals surface area contributed by atoms with Crippen molar-refractivity contribution in [2.75, 3.05) is 13.6 Å². The van der Waals surface area contributed by atoms with E-state index in [1.165, 1.54) is 4.90 Å². The molecule has 1 fully saturated rings. The Bertz CT molecular complexity index is 381. The van der Waals surface area contributed by atoms with E-state index in [1.54, 1.807) is 7.05 Å². The Morgan fingerprint density at radius 3 is 2.25 bits per heavy atom. The number of rotatable bonds is 5. The average molecular weight is 284 g/mol. The van der Waals surface area contributed by atoms with Gasteiger partial charge < -0.3 is 15.3 Å². The Morgan fingerprint density at radius 1 is 1.20 bits per heavy atom. The molecule has 0 aromatic rings. The zero-order valence-corrected chi connectivity index (χ0v) is 12.4.